The van der Waals surface area contributed by atoms with Crippen LogP contribution >= 0.6 is 0 Å². The summed E-state index contributed by atoms with van der Waals surface area (Å²) in [7, 11) is -2.71. The molecule has 2 rings (SSSR count). The summed E-state index contributed by atoms with van der Waals surface area (Å²) >= 11 is 0. The standard InChI is InChI=1S/C18H19NO6S/c1-25-16-9-7-14(8-10-18(21)22)13-17(16)26(23,24)19(11-12-20)15-5-3-2-4-6-15/h2-10,13,20H,11-12H2,1H3,(H,21,22)/b10-8+. The van der Waals surface area contributed by atoms with Gasteiger partial charge >= 0.3 is 5.97 Å². The number of hydrogen-bond donors (Lipinski definition) is 2. The lowest BCUT2D eigenvalue weighted by Crippen LogP contribution is -2.33. The lowest BCUT2D eigenvalue weighted by molar-refractivity contribution is -0.131. The van der Waals surface area contributed by atoms with Crippen molar-refractivity contribution in [3.8, 4) is 5.75 Å². The molecule has 2 aromatic carbocycles. The van der Waals surface area contributed by atoms with Gasteiger partial charge in [-0.3, -0.25) is 4.31 Å². The van der Waals surface area contributed by atoms with Gasteiger partial charge < -0.3 is 14.9 Å². The highest BCUT2D eigenvalue weighted by molar-refractivity contribution is 7.93. The Morgan fingerprint density at radius 1 is 1.19 bits per heavy atom. The maximum atomic E-state index is 13.2. The third kappa shape index (κ3) is 4.41. The van der Waals surface area contributed by atoms with Gasteiger partial charge in [0.1, 0.15) is 10.6 Å². The number of anilines is 1. The van der Waals surface area contributed by atoms with Crippen LogP contribution in [0.5, 0.6) is 5.75 Å². The van der Waals surface area contributed by atoms with Gasteiger partial charge in [-0.05, 0) is 35.9 Å². The lowest BCUT2D eigenvalue weighted by Gasteiger charge is -2.24. The van der Waals surface area contributed by atoms with Gasteiger partial charge in [-0.25, -0.2) is 13.2 Å². The lowest BCUT2D eigenvalue weighted by atomic mass is 10.2. The fourth-order valence-electron chi connectivity index (χ4n) is 2.36. The summed E-state index contributed by atoms with van der Waals surface area (Å²) in [4.78, 5) is 10.6. The van der Waals surface area contributed by atoms with Crippen molar-refractivity contribution in [2.75, 3.05) is 24.6 Å². The number of methoxy groups -OCH3 is 1. The fraction of sp³-hybridized carbons (Fsp3) is 0.167. The first-order chi connectivity index (χ1) is 12.4. The Labute approximate surface area is 151 Å². The Morgan fingerprint density at radius 2 is 1.88 bits per heavy atom. The summed E-state index contributed by atoms with van der Waals surface area (Å²) in [6, 6.07) is 12.7. The molecule has 8 heteroatoms. The zero-order valence-electron chi connectivity index (χ0n) is 14.1. The third-order valence-corrected chi connectivity index (χ3v) is 5.37. The van der Waals surface area contributed by atoms with Gasteiger partial charge in [0, 0.05) is 6.08 Å². The van der Waals surface area contributed by atoms with Crippen LogP contribution in [0.3, 0.4) is 0 Å². The monoisotopic (exact) mass is 377 g/mol. The minimum absolute atomic E-state index is 0.121. The molecular weight excluding hydrogens is 358 g/mol. The van der Waals surface area contributed by atoms with Crippen LogP contribution in [-0.4, -0.2) is 44.9 Å². The molecule has 0 saturated heterocycles. The van der Waals surface area contributed by atoms with E-state index in [1.54, 1.807) is 36.4 Å². The van der Waals surface area contributed by atoms with Gasteiger partial charge in [0.2, 0.25) is 0 Å². The predicted molar refractivity (Wildman–Crippen MR) is 97.7 cm³/mol. The molecule has 0 aliphatic carbocycles. The maximum absolute atomic E-state index is 13.2. The molecule has 0 aliphatic heterocycles. The minimum atomic E-state index is -4.05. The zero-order valence-corrected chi connectivity index (χ0v) is 14.9. The number of aliphatic carboxylic acids is 1. The second-order valence-electron chi connectivity index (χ2n) is 5.22. The topological polar surface area (TPSA) is 104 Å². The largest absolute Gasteiger partial charge is 0.495 e. The molecule has 0 aromatic heterocycles. The Hall–Kier alpha value is -2.84. The van der Waals surface area contributed by atoms with E-state index in [0.717, 1.165) is 10.4 Å². The summed E-state index contributed by atoms with van der Waals surface area (Å²) in [5.41, 5.74) is 0.791. The number of rotatable bonds is 8. The maximum Gasteiger partial charge on any atom is 0.328 e. The van der Waals surface area contributed by atoms with Crippen LogP contribution in [0.1, 0.15) is 5.56 Å². The molecule has 0 spiro atoms. The van der Waals surface area contributed by atoms with E-state index in [4.69, 9.17) is 9.84 Å². The molecule has 7 nitrogen and oxygen atoms in total. The molecule has 2 aromatic rings. The van der Waals surface area contributed by atoms with Crippen LogP contribution in [0, 0.1) is 0 Å². The molecule has 0 atom stereocenters. The molecule has 0 aliphatic rings. The molecule has 0 heterocycles. The highest BCUT2D eigenvalue weighted by Crippen LogP contribution is 2.31. The average Bonchev–Trinajstić information content (AvgIpc) is 2.64. The SMILES string of the molecule is COc1ccc(/C=C/C(=O)O)cc1S(=O)(=O)N(CCO)c1ccccc1. The smallest absolute Gasteiger partial charge is 0.328 e. The predicted octanol–water partition coefficient (Wildman–Crippen LogP) is 1.98. The van der Waals surface area contributed by atoms with E-state index in [2.05, 4.69) is 0 Å². The zero-order chi connectivity index (χ0) is 19.2. The van der Waals surface area contributed by atoms with Crippen LogP contribution in [0.25, 0.3) is 6.08 Å². The number of benzene rings is 2. The van der Waals surface area contributed by atoms with Gasteiger partial charge in [-0.15, -0.1) is 0 Å². The summed E-state index contributed by atoms with van der Waals surface area (Å²) in [5, 5.41) is 18.1. The molecule has 0 fully saturated rings. The first-order valence-electron chi connectivity index (χ1n) is 7.68. The Bertz CT molecular complexity index is 893. The number of aliphatic hydroxyl groups is 1. The molecular formula is C18H19NO6S. The second-order valence-corrected chi connectivity index (χ2v) is 7.05. The van der Waals surface area contributed by atoms with Crippen molar-refractivity contribution in [3.63, 3.8) is 0 Å². The Balaban J connectivity index is 2.58. The first kappa shape index (κ1) is 19.5. The summed E-state index contributed by atoms with van der Waals surface area (Å²) in [6.45, 7) is -0.500. The number of ether oxygens (including phenoxy) is 1. The van der Waals surface area contributed by atoms with E-state index in [0.29, 0.717) is 11.3 Å². The van der Waals surface area contributed by atoms with Crippen molar-refractivity contribution < 1.29 is 28.2 Å². The Kier molecular flexibility index (Phi) is 6.37. The minimum Gasteiger partial charge on any atom is -0.495 e. The molecule has 26 heavy (non-hydrogen) atoms. The number of aliphatic hydroxyl groups excluding tert-OH is 1. The highest BCUT2D eigenvalue weighted by Gasteiger charge is 2.28. The molecule has 0 bridgehead atoms. The van der Waals surface area contributed by atoms with Crippen LogP contribution in [0.2, 0.25) is 0 Å². The molecule has 0 radical (unpaired) electrons. The number of carboxylic acids is 1. The van der Waals surface area contributed by atoms with Crippen LogP contribution < -0.4 is 9.04 Å². The second kappa shape index (κ2) is 8.50. The summed E-state index contributed by atoms with van der Waals surface area (Å²) in [5.74, 6) is -1.02. The van der Waals surface area contributed by atoms with E-state index in [-0.39, 0.29) is 23.8 Å². The van der Waals surface area contributed by atoms with Crippen molar-refractivity contribution >= 4 is 27.8 Å². The number of carboxylic acid groups (broad SMARTS) is 1. The van der Waals surface area contributed by atoms with Crippen molar-refractivity contribution in [1.29, 1.82) is 0 Å². The van der Waals surface area contributed by atoms with Crippen LogP contribution in [0.4, 0.5) is 5.69 Å². The highest BCUT2D eigenvalue weighted by atomic mass is 32.2. The number of nitrogens with zero attached hydrogens (tertiary/aromatic N) is 1. The summed E-state index contributed by atoms with van der Waals surface area (Å²) in [6.07, 6.45) is 2.21. The van der Waals surface area contributed by atoms with E-state index in [9.17, 15) is 18.3 Å². The average molecular weight is 377 g/mol. The molecule has 0 saturated carbocycles. The van der Waals surface area contributed by atoms with Crippen LogP contribution in [-0.2, 0) is 14.8 Å². The molecule has 2 N–H and O–H groups in total. The van der Waals surface area contributed by atoms with Crippen molar-refractivity contribution in [3.05, 3.63) is 60.2 Å². The third-order valence-electron chi connectivity index (χ3n) is 3.52. The number of hydrogen-bond acceptors (Lipinski definition) is 5. The van der Waals surface area contributed by atoms with E-state index < -0.39 is 16.0 Å². The molecule has 0 unspecified atom stereocenters. The number of sulfonamides is 1. The van der Waals surface area contributed by atoms with Gasteiger partial charge in [-0.2, -0.15) is 0 Å². The normalized spacial score (nSPS) is 11.5. The van der Waals surface area contributed by atoms with E-state index >= 15 is 0 Å². The first-order valence-corrected chi connectivity index (χ1v) is 9.12. The van der Waals surface area contributed by atoms with Crippen molar-refractivity contribution in [2.45, 2.75) is 4.90 Å². The van der Waals surface area contributed by atoms with Gasteiger partial charge in [0.05, 0.1) is 25.9 Å². The van der Waals surface area contributed by atoms with Gasteiger partial charge in [0.25, 0.3) is 10.0 Å². The summed E-state index contributed by atoms with van der Waals surface area (Å²) < 4.78 is 32.6. The fourth-order valence-corrected chi connectivity index (χ4v) is 4.01. The van der Waals surface area contributed by atoms with Gasteiger partial charge in [-0.1, -0.05) is 24.3 Å². The van der Waals surface area contributed by atoms with E-state index in [1.165, 1.54) is 25.3 Å². The molecule has 138 valence electrons. The number of carbonyl (C=O) groups is 1. The van der Waals surface area contributed by atoms with Crippen LogP contribution in [0.15, 0.2) is 59.5 Å². The van der Waals surface area contributed by atoms with Gasteiger partial charge in [0.15, 0.2) is 0 Å². The quantitative estimate of drug-likeness (QED) is 0.682. The number of para-hydroxylation sites is 1. The van der Waals surface area contributed by atoms with E-state index in [1.807, 2.05) is 0 Å². The van der Waals surface area contributed by atoms with Crippen molar-refractivity contribution in [1.82, 2.24) is 0 Å². The Morgan fingerprint density at radius 3 is 2.46 bits per heavy atom. The van der Waals surface area contributed by atoms with Crippen molar-refractivity contribution in [2.24, 2.45) is 0 Å². The molecule has 0 amide bonds.